The maximum atomic E-state index is 11.9. The van der Waals surface area contributed by atoms with Gasteiger partial charge in [0.2, 0.25) is 0 Å². The molecule has 1 rings (SSSR count). The lowest BCUT2D eigenvalue weighted by molar-refractivity contribution is -0.126. The van der Waals surface area contributed by atoms with Gasteiger partial charge in [-0.05, 0) is 44.0 Å². The predicted octanol–water partition coefficient (Wildman–Crippen LogP) is 2.81. The minimum Gasteiger partial charge on any atom is -0.321 e. The highest BCUT2D eigenvalue weighted by atomic mass is 79.9. The van der Waals surface area contributed by atoms with Crippen LogP contribution < -0.4 is 5.32 Å². The summed E-state index contributed by atoms with van der Waals surface area (Å²) in [6.45, 7) is 0. The molecule has 0 aliphatic rings. The van der Waals surface area contributed by atoms with E-state index in [0.717, 1.165) is 0 Å². The van der Waals surface area contributed by atoms with Gasteiger partial charge in [0, 0.05) is 5.69 Å². The average Bonchev–Trinajstić information content (AvgIpc) is 2.01. The molecule has 0 aliphatic heterocycles. The van der Waals surface area contributed by atoms with Crippen LogP contribution in [0.1, 0.15) is 0 Å². The molecule has 0 saturated heterocycles. The molecule has 0 aromatic carbocycles. The lowest BCUT2D eigenvalue weighted by Crippen LogP contribution is -2.20. The van der Waals surface area contributed by atoms with E-state index in [0.29, 0.717) is 9.21 Å². The third-order valence-corrected chi connectivity index (χ3v) is 2.04. The summed E-state index contributed by atoms with van der Waals surface area (Å²) in [6, 6.07) is 2.84. The van der Waals surface area contributed by atoms with E-state index in [9.17, 15) is 13.6 Å². The number of aromatic nitrogens is 1. The van der Waals surface area contributed by atoms with Gasteiger partial charge >= 0.3 is 6.43 Å². The summed E-state index contributed by atoms with van der Waals surface area (Å²) in [7, 11) is 0. The van der Waals surface area contributed by atoms with Crippen LogP contribution in [0.4, 0.5) is 14.5 Å². The quantitative estimate of drug-likeness (QED) is 0.848. The van der Waals surface area contributed by atoms with Gasteiger partial charge in [0.15, 0.2) is 0 Å². The standard InChI is InChI=1S/C7H4Br2F2N2O/c8-4-1-3(2-5(9)13-4)12-7(14)6(10)11/h1-2,6H,(H,12,13,14). The van der Waals surface area contributed by atoms with Crippen LogP contribution in [-0.2, 0) is 4.79 Å². The lowest BCUT2D eigenvalue weighted by Gasteiger charge is -2.04. The summed E-state index contributed by atoms with van der Waals surface area (Å²) in [5.41, 5.74) is 0.254. The van der Waals surface area contributed by atoms with Gasteiger partial charge in [-0.25, -0.2) is 4.98 Å². The molecular weight excluding hydrogens is 326 g/mol. The largest absolute Gasteiger partial charge is 0.321 e. The van der Waals surface area contributed by atoms with E-state index < -0.39 is 12.3 Å². The summed E-state index contributed by atoms with van der Waals surface area (Å²) in [4.78, 5) is 14.5. The Morgan fingerprint density at radius 2 is 1.86 bits per heavy atom. The number of anilines is 1. The van der Waals surface area contributed by atoms with Gasteiger partial charge < -0.3 is 5.32 Å². The number of carbonyl (C=O) groups is 1. The van der Waals surface area contributed by atoms with Crippen molar-refractivity contribution in [2.45, 2.75) is 6.43 Å². The zero-order chi connectivity index (χ0) is 10.7. The second-order valence-corrected chi connectivity index (χ2v) is 3.92. The normalized spacial score (nSPS) is 10.4. The highest BCUT2D eigenvalue weighted by Crippen LogP contribution is 2.19. The SMILES string of the molecule is O=C(Nc1cc(Br)nc(Br)c1)C(F)F. The highest BCUT2D eigenvalue weighted by Gasteiger charge is 2.15. The van der Waals surface area contributed by atoms with Crippen LogP contribution in [0.3, 0.4) is 0 Å². The zero-order valence-electron chi connectivity index (χ0n) is 6.60. The number of amides is 1. The molecule has 1 amide bonds. The molecule has 3 nitrogen and oxygen atoms in total. The van der Waals surface area contributed by atoms with E-state index in [1.54, 1.807) is 0 Å². The Bertz CT molecular complexity index is 339. The number of nitrogens with zero attached hydrogens (tertiary/aromatic N) is 1. The molecule has 1 aromatic heterocycles. The first-order valence-electron chi connectivity index (χ1n) is 3.41. The van der Waals surface area contributed by atoms with E-state index in [4.69, 9.17) is 0 Å². The third kappa shape index (κ3) is 3.30. The second-order valence-electron chi connectivity index (χ2n) is 2.29. The van der Waals surface area contributed by atoms with Gasteiger partial charge in [-0.2, -0.15) is 8.78 Å². The van der Waals surface area contributed by atoms with Crippen molar-refractivity contribution in [1.82, 2.24) is 4.98 Å². The summed E-state index contributed by atoms with van der Waals surface area (Å²) < 4.78 is 24.6. The van der Waals surface area contributed by atoms with Crippen molar-refractivity contribution >= 4 is 43.5 Å². The Morgan fingerprint density at radius 3 is 2.29 bits per heavy atom. The zero-order valence-corrected chi connectivity index (χ0v) is 9.77. The van der Waals surface area contributed by atoms with Gasteiger partial charge in [-0.3, -0.25) is 4.79 Å². The van der Waals surface area contributed by atoms with Crippen molar-refractivity contribution < 1.29 is 13.6 Å². The third-order valence-electron chi connectivity index (χ3n) is 1.23. The minimum absolute atomic E-state index is 0.254. The average molecular weight is 330 g/mol. The van der Waals surface area contributed by atoms with Crippen molar-refractivity contribution in [1.29, 1.82) is 0 Å². The van der Waals surface area contributed by atoms with Crippen LogP contribution in [-0.4, -0.2) is 17.3 Å². The fourth-order valence-corrected chi connectivity index (χ4v) is 1.85. The molecule has 14 heavy (non-hydrogen) atoms. The van der Waals surface area contributed by atoms with Gasteiger partial charge in [0.1, 0.15) is 9.21 Å². The summed E-state index contributed by atoms with van der Waals surface area (Å²) in [6.07, 6.45) is -3.03. The molecule has 0 aliphatic carbocycles. The van der Waals surface area contributed by atoms with Gasteiger partial charge in [-0.1, -0.05) is 0 Å². The smallest absolute Gasteiger partial charge is 0.315 e. The molecular formula is C7H4Br2F2N2O. The van der Waals surface area contributed by atoms with Crippen LogP contribution in [0.15, 0.2) is 21.3 Å². The number of carbonyl (C=O) groups excluding carboxylic acids is 1. The first-order valence-corrected chi connectivity index (χ1v) is 5.00. The number of nitrogens with one attached hydrogen (secondary N) is 1. The Balaban J connectivity index is 2.82. The first-order chi connectivity index (χ1) is 6.49. The molecule has 1 N–H and O–H groups in total. The summed E-state index contributed by atoms with van der Waals surface area (Å²) in [5.74, 6) is -1.34. The molecule has 0 atom stereocenters. The van der Waals surface area contributed by atoms with E-state index in [2.05, 4.69) is 36.8 Å². The van der Waals surface area contributed by atoms with Crippen molar-refractivity contribution in [3.63, 3.8) is 0 Å². The van der Waals surface area contributed by atoms with Crippen molar-refractivity contribution in [3.8, 4) is 0 Å². The van der Waals surface area contributed by atoms with E-state index >= 15 is 0 Å². The molecule has 0 spiro atoms. The fourth-order valence-electron chi connectivity index (χ4n) is 0.734. The van der Waals surface area contributed by atoms with E-state index in [1.807, 2.05) is 5.32 Å². The fraction of sp³-hybridized carbons (Fsp3) is 0.143. The number of rotatable bonds is 2. The van der Waals surface area contributed by atoms with Gasteiger partial charge in [-0.15, -0.1) is 0 Å². The van der Waals surface area contributed by atoms with Crippen LogP contribution in [0.25, 0.3) is 0 Å². The molecule has 0 saturated carbocycles. The molecule has 0 fully saturated rings. The molecule has 1 aromatic rings. The molecule has 7 heteroatoms. The number of hydrogen-bond acceptors (Lipinski definition) is 2. The number of alkyl halides is 2. The topological polar surface area (TPSA) is 42.0 Å². The monoisotopic (exact) mass is 328 g/mol. The minimum atomic E-state index is -3.03. The lowest BCUT2D eigenvalue weighted by atomic mass is 10.4. The summed E-state index contributed by atoms with van der Waals surface area (Å²) >= 11 is 6.12. The first kappa shape index (κ1) is 11.5. The van der Waals surface area contributed by atoms with Crippen molar-refractivity contribution in [2.75, 3.05) is 5.32 Å². The van der Waals surface area contributed by atoms with Crippen molar-refractivity contribution in [3.05, 3.63) is 21.3 Å². The molecule has 1 heterocycles. The van der Waals surface area contributed by atoms with Crippen LogP contribution >= 0.6 is 31.9 Å². The Kier molecular flexibility index (Phi) is 3.94. The van der Waals surface area contributed by atoms with Gasteiger partial charge in [0.25, 0.3) is 5.91 Å². The molecule has 0 radical (unpaired) electrons. The second kappa shape index (κ2) is 4.79. The summed E-state index contributed by atoms with van der Waals surface area (Å²) in [5, 5.41) is 2.03. The van der Waals surface area contributed by atoms with Crippen molar-refractivity contribution in [2.24, 2.45) is 0 Å². The number of pyridine rings is 1. The van der Waals surface area contributed by atoms with Gasteiger partial charge in [0.05, 0.1) is 0 Å². The number of halogens is 4. The molecule has 0 bridgehead atoms. The Labute approximate surface area is 95.2 Å². The number of hydrogen-bond donors (Lipinski definition) is 1. The maximum Gasteiger partial charge on any atom is 0.315 e. The van der Waals surface area contributed by atoms with Crippen LogP contribution in [0.2, 0.25) is 0 Å². The van der Waals surface area contributed by atoms with E-state index in [-0.39, 0.29) is 5.69 Å². The van der Waals surface area contributed by atoms with Crippen LogP contribution in [0, 0.1) is 0 Å². The van der Waals surface area contributed by atoms with Crippen LogP contribution in [0.5, 0.6) is 0 Å². The van der Waals surface area contributed by atoms with E-state index in [1.165, 1.54) is 12.1 Å². The Morgan fingerprint density at radius 1 is 1.36 bits per heavy atom. The maximum absolute atomic E-state index is 11.9. The Hall–Kier alpha value is -0.560. The molecule has 76 valence electrons. The molecule has 0 unspecified atom stereocenters. The predicted molar refractivity (Wildman–Crippen MR) is 54.3 cm³/mol. The highest BCUT2D eigenvalue weighted by molar-refractivity contribution is 9.11.